The van der Waals surface area contributed by atoms with Crippen LogP contribution in [-0.4, -0.2) is 97.9 Å². The van der Waals surface area contributed by atoms with Crippen molar-refractivity contribution >= 4 is 11.8 Å². The van der Waals surface area contributed by atoms with Crippen molar-refractivity contribution in [3.63, 3.8) is 0 Å². The predicted octanol–water partition coefficient (Wildman–Crippen LogP) is -0.261. The van der Waals surface area contributed by atoms with E-state index < -0.39 is 36.5 Å². The number of benzene rings is 1. The minimum Gasteiger partial charge on any atom is -0.504 e. The first kappa shape index (κ1) is 21.2. The summed E-state index contributed by atoms with van der Waals surface area (Å²) in [6.45, 7) is 0.478. The Morgan fingerprint density at radius 1 is 1.16 bits per heavy atom. The molecule has 2 aliphatic carbocycles. The number of likely N-dealkylation sites (tertiary alicyclic amines) is 1. The van der Waals surface area contributed by atoms with Crippen molar-refractivity contribution in [2.75, 3.05) is 20.2 Å². The lowest BCUT2D eigenvalue weighted by Crippen LogP contribution is -2.65. The van der Waals surface area contributed by atoms with Crippen molar-refractivity contribution in [3.05, 3.63) is 35.4 Å². The first-order chi connectivity index (χ1) is 15.4. The number of phenols is 1. The number of likely N-dealkylation sites (N-methyl/N-ethyl adjacent to an activating group) is 1. The number of rotatable bonds is 3. The molecular formula is C23H29NO7S. The van der Waals surface area contributed by atoms with E-state index in [1.54, 1.807) is 6.07 Å². The molecule has 9 heteroatoms. The molecule has 1 spiro atoms. The van der Waals surface area contributed by atoms with Gasteiger partial charge >= 0.3 is 0 Å². The number of aliphatic hydroxyl groups excluding tert-OH is 4. The first-order valence-electron chi connectivity index (χ1n) is 11.2. The lowest BCUT2D eigenvalue weighted by Gasteiger charge is -2.57. The van der Waals surface area contributed by atoms with Gasteiger partial charge in [-0.15, -0.1) is 11.8 Å². The Bertz CT molecular complexity index is 957. The number of hydrogen-bond acceptors (Lipinski definition) is 9. The third-order valence-corrected chi connectivity index (χ3v) is 9.65. The van der Waals surface area contributed by atoms with Gasteiger partial charge in [-0.1, -0.05) is 18.2 Å². The van der Waals surface area contributed by atoms with Crippen molar-refractivity contribution in [2.24, 2.45) is 5.92 Å². The molecule has 174 valence electrons. The zero-order chi connectivity index (χ0) is 22.4. The van der Waals surface area contributed by atoms with Crippen molar-refractivity contribution < 1.29 is 35.0 Å². The van der Waals surface area contributed by atoms with Crippen LogP contribution in [0.2, 0.25) is 0 Å². The molecule has 2 saturated heterocycles. The highest BCUT2D eigenvalue weighted by Crippen LogP contribution is 2.63. The van der Waals surface area contributed by atoms with Gasteiger partial charge in [0.25, 0.3) is 0 Å². The monoisotopic (exact) mass is 463 g/mol. The fraction of sp³-hybridized carbons (Fsp3) is 0.652. The van der Waals surface area contributed by atoms with Gasteiger partial charge in [0.15, 0.2) is 11.5 Å². The van der Waals surface area contributed by atoms with Gasteiger partial charge in [-0.3, -0.25) is 0 Å². The standard InChI is InChI=1S/C23H29NO7S/c1-24-7-6-23-11-3-5-15(32-22-19(29)18(28)17(27)14(9-25)30-22)21(23)31-20-13(26)4-2-10(16(20)23)8-12(11)24/h2-5,11-12,14-15,17-19,21-22,25-29H,6-9H2,1H3/t11?,12-,14-,15?,17-,18+,19-,21+,22+,23+/m1/s1. The molecule has 1 aromatic rings. The van der Waals surface area contributed by atoms with Gasteiger partial charge in [0.05, 0.1) is 11.9 Å². The summed E-state index contributed by atoms with van der Waals surface area (Å²) in [5.74, 6) is 0.984. The Hall–Kier alpha value is -1.33. The second-order valence-electron chi connectivity index (χ2n) is 9.74. The molecule has 5 aliphatic rings. The summed E-state index contributed by atoms with van der Waals surface area (Å²) < 4.78 is 12.3. The van der Waals surface area contributed by atoms with Gasteiger partial charge in [0.2, 0.25) is 0 Å². The predicted molar refractivity (Wildman–Crippen MR) is 117 cm³/mol. The SMILES string of the molecule is CN1CC[C@]23c4c5ccc(O)c4O[C@H]2C(S[C@@H]2O[C@H](CO)[C@@H](O)[C@H](O)[C@H]2O)C=CC3[C@H]1C5. The zero-order valence-electron chi connectivity index (χ0n) is 17.7. The van der Waals surface area contributed by atoms with Gasteiger partial charge in [0, 0.05) is 22.9 Å². The van der Waals surface area contributed by atoms with Crippen LogP contribution in [0.5, 0.6) is 11.5 Å². The summed E-state index contributed by atoms with van der Waals surface area (Å²) >= 11 is 1.34. The highest BCUT2D eigenvalue weighted by atomic mass is 32.2. The number of ether oxygens (including phenoxy) is 2. The van der Waals surface area contributed by atoms with Crippen molar-refractivity contribution in [1.82, 2.24) is 4.90 Å². The number of aromatic hydroxyl groups is 1. The average molecular weight is 464 g/mol. The van der Waals surface area contributed by atoms with Gasteiger partial charge < -0.3 is 39.9 Å². The van der Waals surface area contributed by atoms with Crippen LogP contribution in [-0.2, 0) is 16.6 Å². The lowest BCUT2D eigenvalue weighted by atomic mass is 9.53. The zero-order valence-corrected chi connectivity index (χ0v) is 18.6. The number of piperidine rings is 1. The van der Waals surface area contributed by atoms with Crippen LogP contribution in [0.1, 0.15) is 17.5 Å². The van der Waals surface area contributed by atoms with E-state index in [2.05, 4.69) is 24.1 Å². The van der Waals surface area contributed by atoms with E-state index in [0.717, 1.165) is 24.9 Å². The summed E-state index contributed by atoms with van der Waals surface area (Å²) in [7, 11) is 2.16. The summed E-state index contributed by atoms with van der Waals surface area (Å²) in [6, 6.07) is 4.08. The Morgan fingerprint density at radius 3 is 2.75 bits per heavy atom. The van der Waals surface area contributed by atoms with Crippen molar-refractivity contribution in [3.8, 4) is 11.5 Å². The van der Waals surface area contributed by atoms with E-state index in [1.807, 2.05) is 6.07 Å². The molecule has 8 nitrogen and oxygen atoms in total. The molecule has 2 unspecified atom stereocenters. The fourth-order valence-electron chi connectivity index (χ4n) is 6.67. The smallest absolute Gasteiger partial charge is 0.165 e. The lowest BCUT2D eigenvalue weighted by molar-refractivity contribution is -0.205. The molecule has 0 aromatic heterocycles. The summed E-state index contributed by atoms with van der Waals surface area (Å²) in [4.78, 5) is 2.41. The molecule has 2 bridgehead atoms. The number of hydrogen-bond donors (Lipinski definition) is 5. The van der Waals surface area contributed by atoms with E-state index >= 15 is 0 Å². The molecule has 0 saturated carbocycles. The summed E-state index contributed by atoms with van der Waals surface area (Å²) in [6.07, 6.45) is 0.880. The molecular weight excluding hydrogens is 434 g/mol. The minimum absolute atomic E-state index is 0.153. The maximum atomic E-state index is 10.6. The number of phenolic OH excluding ortho intramolecular Hbond substituents is 1. The van der Waals surface area contributed by atoms with Crippen molar-refractivity contribution in [1.29, 1.82) is 0 Å². The van der Waals surface area contributed by atoms with Crippen molar-refractivity contribution in [2.45, 2.75) is 65.5 Å². The fourth-order valence-corrected chi connectivity index (χ4v) is 8.13. The van der Waals surface area contributed by atoms with Gasteiger partial charge in [-0.25, -0.2) is 0 Å². The molecule has 5 N–H and O–H groups in total. The van der Waals surface area contributed by atoms with E-state index in [0.29, 0.717) is 11.8 Å². The van der Waals surface area contributed by atoms with Crippen LogP contribution in [0.15, 0.2) is 24.3 Å². The average Bonchev–Trinajstić information content (AvgIpc) is 3.14. The Labute approximate surface area is 190 Å². The summed E-state index contributed by atoms with van der Waals surface area (Å²) in [5.41, 5.74) is 1.25. The van der Waals surface area contributed by atoms with Gasteiger partial charge in [0.1, 0.15) is 36.0 Å². The quantitative estimate of drug-likeness (QED) is 0.386. The van der Waals surface area contributed by atoms with E-state index in [-0.39, 0.29) is 28.4 Å². The third-order valence-electron chi connectivity index (χ3n) is 8.27. The van der Waals surface area contributed by atoms with Crippen LogP contribution < -0.4 is 4.74 Å². The molecule has 6 rings (SSSR count). The molecule has 32 heavy (non-hydrogen) atoms. The molecule has 0 radical (unpaired) electrons. The molecule has 1 aromatic carbocycles. The van der Waals surface area contributed by atoms with Crippen LogP contribution >= 0.6 is 11.8 Å². The molecule has 2 fully saturated rings. The van der Waals surface area contributed by atoms with E-state index in [9.17, 15) is 25.5 Å². The largest absolute Gasteiger partial charge is 0.504 e. The number of aliphatic hydroxyl groups is 4. The van der Waals surface area contributed by atoms with Crippen LogP contribution in [0, 0.1) is 5.92 Å². The summed E-state index contributed by atoms with van der Waals surface area (Å²) in [5, 5.41) is 50.9. The Morgan fingerprint density at radius 2 is 1.97 bits per heavy atom. The topological polar surface area (TPSA) is 123 Å². The molecule has 3 aliphatic heterocycles. The molecule has 3 heterocycles. The normalized spacial score (nSPS) is 46.6. The second kappa shape index (κ2) is 7.33. The van der Waals surface area contributed by atoms with Crippen LogP contribution in [0.4, 0.5) is 0 Å². The highest BCUT2D eigenvalue weighted by Gasteiger charge is 2.64. The Balaban J connectivity index is 1.38. The highest BCUT2D eigenvalue weighted by molar-refractivity contribution is 8.00. The first-order valence-corrected chi connectivity index (χ1v) is 12.2. The number of nitrogens with zero attached hydrogens (tertiary/aromatic N) is 1. The van der Waals surface area contributed by atoms with Gasteiger partial charge in [-0.05, 0) is 38.1 Å². The van der Waals surface area contributed by atoms with E-state index in [1.165, 1.54) is 17.3 Å². The van der Waals surface area contributed by atoms with Crippen LogP contribution in [0.25, 0.3) is 0 Å². The minimum atomic E-state index is -1.41. The third kappa shape index (κ3) is 2.67. The second-order valence-corrected chi connectivity index (χ2v) is 11.0. The van der Waals surface area contributed by atoms with Gasteiger partial charge in [-0.2, -0.15) is 0 Å². The Kier molecular flexibility index (Phi) is 4.86. The van der Waals surface area contributed by atoms with E-state index in [4.69, 9.17) is 9.47 Å². The number of thioether (sulfide) groups is 1. The maximum Gasteiger partial charge on any atom is 0.165 e. The molecule has 10 atom stereocenters. The van der Waals surface area contributed by atoms with Crippen LogP contribution in [0.3, 0.4) is 0 Å². The molecule has 0 amide bonds. The maximum absolute atomic E-state index is 10.6.